The van der Waals surface area contributed by atoms with Crippen LogP contribution in [0.3, 0.4) is 0 Å². The summed E-state index contributed by atoms with van der Waals surface area (Å²) in [5, 5.41) is 2.55. The summed E-state index contributed by atoms with van der Waals surface area (Å²) in [7, 11) is 0. The molecule has 0 atom stereocenters. The molecule has 0 aliphatic heterocycles. The lowest BCUT2D eigenvalue weighted by Crippen LogP contribution is -2.24. The van der Waals surface area contributed by atoms with Crippen LogP contribution in [0.1, 0.15) is 27.2 Å². The van der Waals surface area contributed by atoms with Crippen LogP contribution in [-0.4, -0.2) is 15.9 Å². The Bertz CT molecular complexity index is 704. The summed E-state index contributed by atoms with van der Waals surface area (Å²) in [5.41, 5.74) is 0.193. The highest BCUT2D eigenvalue weighted by molar-refractivity contribution is 6.28. The lowest BCUT2D eigenvalue weighted by atomic mass is 10.1. The van der Waals surface area contributed by atoms with Gasteiger partial charge in [-0.1, -0.05) is 12.1 Å². The van der Waals surface area contributed by atoms with Crippen LogP contribution in [0.4, 0.5) is 13.2 Å². The van der Waals surface area contributed by atoms with Gasteiger partial charge in [-0.15, -0.1) is 0 Å². The zero-order chi connectivity index (χ0) is 16.3. The Hall–Kier alpha value is -2.15. The lowest BCUT2D eigenvalue weighted by Gasteiger charge is -2.10. The predicted molar refractivity (Wildman–Crippen MR) is 74.4 cm³/mol. The van der Waals surface area contributed by atoms with E-state index in [1.165, 1.54) is 18.3 Å². The molecule has 0 saturated carbocycles. The maximum Gasteiger partial charge on any atom is 0.416 e. The predicted octanol–water partition coefficient (Wildman–Crippen LogP) is 3.39. The van der Waals surface area contributed by atoms with Crippen LogP contribution >= 0.6 is 11.6 Å². The summed E-state index contributed by atoms with van der Waals surface area (Å²) < 4.78 is 37.8. The second-order valence-electron chi connectivity index (χ2n) is 4.52. The molecule has 2 rings (SSSR count). The van der Waals surface area contributed by atoms with Crippen molar-refractivity contribution in [3.8, 4) is 0 Å². The molecule has 1 N–H and O–H groups in total. The summed E-state index contributed by atoms with van der Waals surface area (Å²) in [6.07, 6.45) is -3.15. The van der Waals surface area contributed by atoms with Crippen molar-refractivity contribution in [2.24, 2.45) is 0 Å². The fourth-order valence-electron chi connectivity index (χ4n) is 1.80. The van der Waals surface area contributed by atoms with Gasteiger partial charge in [0.05, 0.1) is 16.8 Å². The van der Waals surface area contributed by atoms with E-state index in [4.69, 9.17) is 11.6 Å². The average Bonchev–Trinajstić information content (AvgIpc) is 2.44. The number of halogens is 4. The summed E-state index contributed by atoms with van der Waals surface area (Å²) >= 11 is 5.59. The van der Waals surface area contributed by atoms with Gasteiger partial charge in [0, 0.05) is 12.7 Å². The zero-order valence-electron chi connectivity index (χ0n) is 11.4. The van der Waals surface area contributed by atoms with Crippen LogP contribution in [0, 0.1) is 6.92 Å². The first-order chi connectivity index (χ1) is 10.3. The Balaban J connectivity index is 2.08. The Morgan fingerprint density at radius 3 is 2.73 bits per heavy atom. The number of carbonyl (C=O) groups is 1. The molecule has 0 unspecified atom stereocenters. The first-order valence-corrected chi connectivity index (χ1v) is 6.58. The number of aromatic nitrogens is 2. The summed E-state index contributed by atoms with van der Waals surface area (Å²) in [6.45, 7) is 1.55. The van der Waals surface area contributed by atoms with Crippen molar-refractivity contribution < 1.29 is 18.0 Å². The largest absolute Gasteiger partial charge is 0.416 e. The third-order valence-electron chi connectivity index (χ3n) is 2.90. The molecular formula is C14H11ClF3N3O. The van der Waals surface area contributed by atoms with Crippen LogP contribution in [0.5, 0.6) is 0 Å². The van der Waals surface area contributed by atoms with E-state index >= 15 is 0 Å². The molecule has 116 valence electrons. The van der Waals surface area contributed by atoms with Gasteiger partial charge in [0.15, 0.2) is 0 Å². The zero-order valence-corrected chi connectivity index (χ0v) is 12.2. The standard InChI is InChI=1S/C14H11ClF3N3O/c1-8-11(7-20-13(15)21-8)12(22)19-6-9-3-2-4-10(5-9)14(16,17)18/h2-5,7H,6H2,1H3,(H,19,22). The molecule has 0 aliphatic rings. The van der Waals surface area contributed by atoms with E-state index in [1.807, 2.05) is 0 Å². The van der Waals surface area contributed by atoms with Gasteiger partial charge >= 0.3 is 6.18 Å². The van der Waals surface area contributed by atoms with Gasteiger partial charge in [-0.3, -0.25) is 4.79 Å². The number of hydrogen-bond acceptors (Lipinski definition) is 3. The second-order valence-corrected chi connectivity index (χ2v) is 4.86. The van der Waals surface area contributed by atoms with E-state index in [0.29, 0.717) is 11.3 Å². The number of rotatable bonds is 3. The Kier molecular flexibility index (Phi) is 4.65. The number of alkyl halides is 3. The number of benzene rings is 1. The van der Waals surface area contributed by atoms with E-state index < -0.39 is 17.6 Å². The van der Waals surface area contributed by atoms with Crippen molar-refractivity contribution in [3.05, 3.63) is 58.1 Å². The van der Waals surface area contributed by atoms with Crippen LogP contribution in [0.15, 0.2) is 30.5 Å². The van der Waals surface area contributed by atoms with Gasteiger partial charge in [0.25, 0.3) is 5.91 Å². The van der Waals surface area contributed by atoms with Crippen LogP contribution < -0.4 is 5.32 Å². The molecule has 0 aliphatic carbocycles. The molecule has 1 amide bonds. The minimum absolute atomic E-state index is 0.0203. The smallest absolute Gasteiger partial charge is 0.348 e. The first-order valence-electron chi connectivity index (χ1n) is 6.21. The third-order valence-corrected chi connectivity index (χ3v) is 3.08. The van der Waals surface area contributed by atoms with E-state index in [1.54, 1.807) is 6.92 Å². The number of hydrogen-bond donors (Lipinski definition) is 1. The van der Waals surface area contributed by atoms with Crippen molar-refractivity contribution in [2.75, 3.05) is 0 Å². The molecular weight excluding hydrogens is 319 g/mol. The molecule has 1 aromatic carbocycles. The van der Waals surface area contributed by atoms with E-state index in [0.717, 1.165) is 12.1 Å². The monoisotopic (exact) mass is 329 g/mol. The van der Waals surface area contributed by atoms with E-state index in [2.05, 4.69) is 15.3 Å². The molecule has 0 radical (unpaired) electrons. The van der Waals surface area contributed by atoms with E-state index in [-0.39, 0.29) is 17.4 Å². The average molecular weight is 330 g/mol. The maximum atomic E-state index is 12.6. The van der Waals surface area contributed by atoms with Gasteiger partial charge in [-0.25, -0.2) is 9.97 Å². The van der Waals surface area contributed by atoms with Gasteiger partial charge in [-0.2, -0.15) is 13.2 Å². The van der Waals surface area contributed by atoms with Crippen molar-refractivity contribution in [2.45, 2.75) is 19.6 Å². The van der Waals surface area contributed by atoms with Crippen molar-refractivity contribution in [1.82, 2.24) is 15.3 Å². The van der Waals surface area contributed by atoms with Gasteiger partial charge in [0.1, 0.15) is 0 Å². The van der Waals surface area contributed by atoms with Crippen LogP contribution in [0.2, 0.25) is 5.28 Å². The fraction of sp³-hybridized carbons (Fsp3) is 0.214. The highest BCUT2D eigenvalue weighted by Crippen LogP contribution is 2.29. The highest BCUT2D eigenvalue weighted by atomic mass is 35.5. The minimum Gasteiger partial charge on any atom is -0.348 e. The number of carbonyl (C=O) groups excluding carboxylic acids is 1. The van der Waals surface area contributed by atoms with Gasteiger partial charge in [-0.05, 0) is 36.2 Å². The molecule has 22 heavy (non-hydrogen) atoms. The Morgan fingerprint density at radius 1 is 1.36 bits per heavy atom. The SMILES string of the molecule is Cc1nc(Cl)ncc1C(=O)NCc1cccc(C(F)(F)F)c1. The molecule has 0 fully saturated rings. The molecule has 4 nitrogen and oxygen atoms in total. The number of nitrogens with one attached hydrogen (secondary N) is 1. The van der Waals surface area contributed by atoms with Crippen molar-refractivity contribution >= 4 is 17.5 Å². The Morgan fingerprint density at radius 2 is 2.09 bits per heavy atom. The topological polar surface area (TPSA) is 54.9 Å². The first kappa shape index (κ1) is 16.2. The Labute approximate surface area is 129 Å². The molecule has 1 heterocycles. The second kappa shape index (κ2) is 6.31. The van der Waals surface area contributed by atoms with Gasteiger partial charge < -0.3 is 5.32 Å². The van der Waals surface area contributed by atoms with Crippen LogP contribution in [-0.2, 0) is 12.7 Å². The van der Waals surface area contributed by atoms with E-state index in [9.17, 15) is 18.0 Å². The quantitative estimate of drug-likeness (QED) is 0.878. The molecule has 0 bridgehead atoms. The molecule has 1 aromatic heterocycles. The number of nitrogens with zero attached hydrogens (tertiary/aromatic N) is 2. The summed E-state index contributed by atoms with van der Waals surface area (Å²) in [4.78, 5) is 19.5. The number of amides is 1. The minimum atomic E-state index is -4.42. The molecule has 0 saturated heterocycles. The van der Waals surface area contributed by atoms with Crippen molar-refractivity contribution in [3.63, 3.8) is 0 Å². The summed E-state index contributed by atoms with van der Waals surface area (Å²) in [6, 6.07) is 4.76. The van der Waals surface area contributed by atoms with Gasteiger partial charge in [0.2, 0.25) is 5.28 Å². The highest BCUT2D eigenvalue weighted by Gasteiger charge is 2.30. The number of aryl methyl sites for hydroxylation is 1. The normalized spacial score (nSPS) is 11.3. The fourth-order valence-corrected chi connectivity index (χ4v) is 1.97. The van der Waals surface area contributed by atoms with Crippen molar-refractivity contribution in [1.29, 1.82) is 0 Å². The lowest BCUT2D eigenvalue weighted by molar-refractivity contribution is -0.137. The molecule has 2 aromatic rings. The molecule has 8 heteroatoms. The molecule has 0 spiro atoms. The summed E-state index contributed by atoms with van der Waals surface area (Å²) in [5.74, 6) is -0.480. The van der Waals surface area contributed by atoms with Crippen LogP contribution in [0.25, 0.3) is 0 Å². The maximum absolute atomic E-state index is 12.6. The third kappa shape index (κ3) is 3.94.